The van der Waals surface area contributed by atoms with E-state index in [0.717, 1.165) is 44.6 Å². The van der Waals surface area contributed by atoms with E-state index in [9.17, 15) is 4.79 Å². The average molecular weight is 316 g/mol. The Kier molecular flexibility index (Phi) is 5.42. The van der Waals surface area contributed by atoms with Gasteiger partial charge in [-0.15, -0.1) is 0 Å². The highest BCUT2D eigenvalue weighted by atomic mass is 16.5. The molecule has 1 saturated carbocycles. The van der Waals surface area contributed by atoms with Crippen molar-refractivity contribution in [3.63, 3.8) is 0 Å². The maximum absolute atomic E-state index is 12.2. The van der Waals surface area contributed by atoms with Crippen molar-refractivity contribution in [3.05, 3.63) is 24.3 Å². The highest BCUT2D eigenvalue weighted by Crippen LogP contribution is 2.27. The molecule has 1 saturated heterocycles. The molecule has 1 aromatic rings. The van der Waals surface area contributed by atoms with E-state index in [0.29, 0.717) is 5.92 Å². The van der Waals surface area contributed by atoms with Gasteiger partial charge in [0.05, 0.1) is 7.11 Å². The molecule has 1 aliphatic heterocycles. The Morgan fingerprint density at radius 1 is 1.26 bits per heavy atom. The second-order valence-electron chi connectivity index (χ2n) is 6.88. The van der Waals surface area contributed by atoms with E-state index in [1.165, 1.54) is 24.9 Å². The first-order valence-electron chi connectivity index (χ1n) is 8.93. The topological polar surface area (TPSA) is 41.6 Å². The number of hydrogen-bond acceptors (Lipinski definition) is 3. The molecule has 2 fully saturated rings. The molecule has 1 N–H and O–H groups in total. The monoisotopic (exact) mass is 316 g/mol. The van der Waals surface area contributed by atoms with Crippen LogP contribution in [0.1, 0.15) is 38.5 Å². The summed E-state index contributed by atoms with van der Waals surface area (Å²) >= 11 is 0. The molecular formula is C19H28N2O2. The van der Waals surface area contributed by atoms with Crippen LogP contribution in [0.15, 0.2) is 24.3 Å². The summed E-state index contributed by atoms with van der Waals surface area (Å²) < 4.78 is 5.30. The van der Waals surface area contributed by atoms with Crippen LogP contribution >= 0.6 is 0 Å². The summed E-state index contributed by atoms with van der Waals surface area (Å²) in [5.74, 6) is 1.99. The molecule has 4 nitrogen and oxygen atoms in total. The van der Waals surface area contributed by atoms with Crippen molar-refractivity contribution in [1.29, 1.82) is 0 Å². The van der Waals surface area contributed by atoms with Crippen molar-refractivity contribution >= 4 is 11.6 Å². The zero-order chi connectivity index (χ0) is 16.1. The Hall–Kier alpha value is -1.71. The van der Waals surface area contributed by atoms with Crippen molar-refractivity contribution in [3.8, 4) is 5.75 Å². The van der Waals surface area contributed by atoms with Crippen molar-refractivity contribution in [2.24, 2.45) is 11.8 Å². The molecule has 0 spiro atoms. The summed E-state index contributed by atoms with van der Waals surface area (Å²) in [5, 5.41) is 3.20. The van der Waals surface area contributed by atoms with Gasteiger partial charge in [0.1, 0.15) is 5.75 Å². The fourth-order valence-electron chi connectivity index (χ4n) is 3.80. The van der Waals surface area contributed by atoms with E-state index in [2.05, 4.69) is 22.3 Å². The molecular weight excluding hydrogens is 288 g/mol. The predicted octanol–water partition coefficient (Wildman–Crippen LogP) is 3.22. The number of rotatable bonds is 5. The minimum Gasteiger partial charge on any atom is -0.497 e. The summed E-state index contributed by atoms with van der Waals surface area (Å²) in [6.07, 6.45) is 7.01. The van der Waals surface area contributed by atoms with Gasteiger partial charge in [0.25, 0.3) is 0 Å². The van der Waals surface area contributed by atoms with Gasteiger partial charge in [0.2, 0.25) is 5.91 Å². The highest BCUT2D eigenvalue weighted by molar-refractivity contribution is 5.78. The molecule has 1 amide bonds. The fourth-order valence-corrected chi connectivity index (χ4v) is 3.80. The van der Waals surface area contributed by atoms with Crippen molar-refractivity contribution in [2.75, 3.05) is 31.6 Å². The van der Waals surface area contributed by atoms with E-state index >= 15 is 0 Å². The average Bonchev–Trinajstić information content (AvgIpc) is 3.09. The van der Waals surface area contributed by atoms with E-state index in [1.807, 2.05) is 12.1 Å². The van der Waals surface area contributed by atoms with Crippen molar-refractivity contribution in [1.82, 2.24) is 5.32 Å². The number of benzene rings is 1. The van der Waals surface area contributed by atoms with Gasteiger partial charge < -0.3 is 15.0 Å². The Bertz CT molecular complexity index is 526. The normalized spacial score (nSPS) is 22.1. The lowest BCUT2D eigenvalue weighted by Gasteiger charge is -2.22. The van der Waals surface area contributed by atoms with Crippen LogP contribution < -0.4 is 15.0 Å². The molecule has 3 rings (SSSR count). The Morgan fingerprint density at radius 2 is 2.09 bits per heavy atom. The minimum absolute atomic E-state index is 0.264. The highest BCUT2D eigenvalue weighted by Gasteiger charge is 2.25. The minimum atomic E-state index is 0.264. The van der Waals surface area contributed by atoms with Gasteiger partial charge in [0.15, 0.2) is 0 Å². The van der Waals surface area contributed by atoms with Crippen LogP contribution in [0.2, 0.25) is 0 Å². The number of carbonyl (C=O) groups is 1. The molecule has 126 valence electrons. The first kappa shape index (κ1) is 16.2. The first-order valence-corrected chi connectivity index (χ1v) is 8.93. The molecule has 2 aliphatic rings. The van der Waals surface area contributed by atoms with Gasteiger partial charge in [0, 0.05) is 37.3 Å². The number of anilines is 1. The number of ether oxygens (including phenoxy) is 1. The summed E-state index contributed by atoms with van der Waals surface area (Å²) in [6.45, 7) is 2.88. The van der Waals surface area contributed by atoms with Crippen LogP contribution in [0.4, 0.5) is 5.69 Å². The Morgan fingerprint density at radius 3 is 2.87 bits per heavy atom. The van der Waals surface area contributed by atoms with Gasteiger partial charge in [-0.1, -0.05) is 25.3 Å². The third kappa shape index (κ3) is 4.18. The van der Waals surface area contributed by atoms with Crippen LogP contribution in [0.5, 0.6) is 5.75 Å². The van der Waals surface area contributed by atoms with Crippen LogP contribution in [-0.2, 0) is 4.79 Å². The molecule has 23 heavy (non-hydrogen) atoms. The van der Waals surface area contributed by atoms with Gasteiger partial charge in [-0.25, -0.2) is 0 Å². The van der Waals surface area contributed by atoms with Crippen LogP contribution in [0.25, 0.3) is 0 Å². The van der Waals surface area contributed by atoms with E-state index < -0.39 is 0 Å². The van der Waals surface area contributed by atoms with Gasteiger partial charge in [-0.2, -0.15) is 0 Å². The second kappa shape index (κ2) is 7.71. The lowest BCUT2D eigenvalue weighted by atomic mass is 9.88. The lowest BCUT2D eigenvalue weighted by Crippen LogP contribution is -2.36. The summed E-state index contributed by atoms with van der Waals surface area (Å²) in [6, 6.07) is 8.22. The summed E-state index contributed by atoms with van der Waals surface area (Å²) in [4.78, 5) is 14.6. The quantitative estimate of drug-likeness (QED) is 0.907. The smallest absolute Gasteiger partial charge is 0.223 e. The van der Waals surface area contributed by atoms with Gasteiger partial charge in [-0.05, 0) is 37.3 Å². The third-order valence-electron chi connectivity index (χ3n) is 5.25. The molecule has 4 heteroatoms. The fraction of sp³-hybridized carbons (Fsp3) is 0.632. The number of nitrogens with zero attached hydrogens (tertiary/aromatic N) is 1. The van der Waals surface area contributed by atoms with E-state index in [-0.39, 0.29) is 11.8 Å². The SMILES string of the molecule is COc1cccc(N2CCC(CNC(=O)C3CCCCC3)C2)c1. The number of nitrogens with one attached hydrogen (secondary N) is 1. The van der Waals surface area contributed by atoms with E-state index in [4.69, 9.17) is 4.74 Å². The van der Waals surface area contributed by atoms with Crippen molar-refractivity contribution < 1.29 is 9.53 Å². The molecule has 0 radical (unpaired) electrons. The zero-order valence-corrected chi connectivity index (χ0v) is 14.1. The molecule has 1 atom stereocenters. The summed E-state index contributed by atoms with van der Waals surface area (Å²) in [7, 11) is 1.70. The second-order valence-corrected chi connectivity index (χ2v) is 6.88. The summed E-state index contributed by atoms with van der Waals surface area (Å²) in [5.41, 5.74) is 1.21. The Balaban J connectivity index is 1.46. The standard InChI is InChI=1S/C19H28N2O2/c1-23-18-9-5-8-17(12-18)21-11-10-15(14-21)13-20-19(22)16-6-3-2-4-7-16/h5,8-9,12,15-16H,2-4,6-7,10-11,13-14H2,1H3,(H,20,22). The Labute approximate surface area is 139 Å². The molecule has 1 aliphatic carbocycles. The number of amides is 1. The van der Waals surface area contributed by atoms with Crippen LogP contribution in [0.3, 0.4) is 0 Å². The van der Waals surface area contributed by atoms with Gasteiger partial charge >= 0.3 is 0 Å². The van der Waals surface area contributed by atoms with Gasteiger partial charge in [-0.3, -0.25) is 4.79 Å². The molecule has 1 aromatic carbocycles. The number of hydrogen-bond donors (Lipinski definition) is 1. The van der Waals surface area contributed by atoms with Crippen LogP contribution in [0, 0.1) is 11.8 Å². The molecule has 0 bridgehead atoms. The van der Waals surface area contributed by atoms with Crippen molar-refractivity contribution in [2.45, 2.75) is 38.5 Å². The largest absolute Gasteiger partial charge is 0.497 e. The third-order valence-corrected chi connectivity index (χ3v) is 5.25. The number of methoxy groups -OCH3 is 1. The maximum atomic E-state index is 12.2. The molecule has 1 unspecified atom stereocenters. The zero-order valence-electron chi connectivity index (χ0n) is 14.1. The lowest BCUT2D eigenvalue weighted by molar-refractivity contribution is -0.126. The van der Waals surface area contributed by atoms with E-state index in [1.54, 1.807) is 7.11 Å². The molecule has 0 aromatic heterocycles. The number of carbonyl (C=O) groups excluding carboxylic acids is 1. The molecule has 1 heterocycles. The first-order chi connectivity index (χ1) is 11.3. The maximum Gasteiger partial charge on any atom is 0.223 e. The van der Waals surface area contributed by atoms with Crippen LogP contribution in [-0.4, -0.2) is 32.7 Å². The predicted molar refractivity (Wildman–Crippen MR) is 92.9 cm³/mol.